The van der Waals surface area contributed by atoms with Crippen molar-refractivity contribution in [1.82, 2.24) is 20.1 Å². The van der Waals surface area contributed by atoms with Gasteiger partial charge in [0.25, 0.3) is 0 Å². The van der Waals surface area contributed by atoms with Crippen molar-refractivity contribution in [2.45, 2.75) is 20.3 Å². The van der Waals surface area contributed by atoms with E-state index >= 15 is 0 Å². The van der Waals surface area contributed by atoms with Gasteiger partial charge < -0.3 is 15.8 Å². The zero-order valence-electron chi connectivity index (χ0n) is 17.3. The van der Waals surface area contributed by atoms with E-state index in [1.807, 2.05) is 44.2 Å². The monoisotopic (exact) mass is 407 g/mol. The van der Waals surface area contributed by atoms with E-state index < -0.39 is 6.03 Å². The maximum atomic E-state index is 12.5. The fourth-order valence-corrected chi connectivity index (χ4v) is 2.99. The number of carbonyl (C=O) groups is 2. The first kappa shape index (κ1) is 21.0. The average molecular weight is 407 g/mol. The smallest absolute Gasteiger partial charge is 0.312 e. The van der Waals surface area contributed by atoms with Crippen LogP contribution >= 0.6 is 0 Å². The number of aromatic nitrogens is 3. The first-order chi connectivity index (χ1) is 14.4. The van der Waals surface area contributed by atoms with Crippen molar-refractivity contribution in [2.24, 2.45) is 11.7 Å². The number of urea groups is 1. The molecule has 3 aromatic rings. The van der Waals surface area contributed by atoms with Crippen molar-refractivity contribution in [3.8, 4) is 22.8 Å². The van der Waals surface area contributed by atoms with Crippen LogP contribution in [0.5, 0.6) is 5.88 Å². The Bertz CT molecular complexity index is 1020. The first-order valence-corrected chi connectivity index (χ1v) is 9.66. The topological polar surface area (TPSA) is 112 Å². The summed E-state index contributed by atoms with van der Waals surface area (Å²) in [5, 5.41) is 7.13. The Labute approximate surface area is 175 Å². The van der Waals surface area contributed by atoms with Crippen LogP contribution in [0.15, 0.2) is 48.7 Å². The largest absolute Gasteiger partial charge is 0.481 e. The molecule has 3 N–H and O–H groups in total. The second kappa shape index (κ2) is 9.21. The van der Waals surface area contributed by atoms with E-state index in [4.69, 9.17) is 10.5 Å². The summed E-state index contributed by atoms with van der Waals surface area (Å²) in [5.74, 6) is 0.320. The lowest BCUT2D eigenvalue weighted by molar-refractivity contribution is 0.0934. The number of ether oxygens (including phenoxy) is 1. The average Bonchev–Trinajstić information content (AvgIpc) is 3.18. The fraction of sp³-hybridized carbons (Fsp3) is 0.273. The zero-order chi connectivity index (χ0) is 21.7. The molecule has 0 saturated heterocycles. The summed E-state index contributed by atoms with van der Waals surface area (Å²) >= 11 is 0. The molecule has 0 aliphatic rings. The number of hydrogen-bond acceptors (Lipinski definition) is 5. The van der Waals surface area contributed by atoms with Gasteiger partial charge in [0.05, 0.1) is 24.7 Å². The maximum absolute atomic E-state index is 12.5. The summed E-state index contributed by atoms with van der Waals surface area (Å²) in [5.41, 5.74) is 8.98. The Hall–Kier alpha value is -3.68. The maximum Gasteiger partial charge on any atom is 0.312 e. The molecule has 0 saturated carbocycles. The quantitative estimate of drug-likeness (QED) is 0.558. The summed E-state index contributed by atoms with van der Waals surface area (Å²) in [4.78, 5) is 27.6. The van der Waals surface area contributed by atoms with Gasteiger partial charge in [-0.05, 0) is 24.1 Å². The SMILES string of the molecule is COc1ccc(-n2nc(C(=O)C(C)C)cc2-c2ccc(CCNC(N)=O)cc2)cn1. The number of nitrogens with zero attached hydrogens (tertiary/aromatic N) is 3. The van der Waals surface area contributed by atoms with Crippen LogP contribution in [0, 0.1) is 5.92 Å². The van der Waals surface area contributed by atoms with Crippen molar-refractivity contribution < 1.29 is 14.3 Å². The van der Waals surface area contributed by atoms with Gasteiger partial charge in [-0.2, -0.15) is 5.10 Å². The molecule has 2 aromatic heterocycles. The van der Waals surface area contributed by atoms with Gasteiger partial charge in [-0.15, -0.1) is 0 Å². The van der Waals surface area contributed by atoms with Crippen LogP contribution in [0.1, 0.15) is 29.9 Å². The predicted molar refractivity (Wildman–Crippen MR) is 114 cm³/mol. The van der Waals surface area contributed by atoms with Crippen molar-refractivity contribution in [2.75, 3.05) is 13.7 Å². The highest BCUT2D eigenvalue weighted by Crippen LogP contribution is 2.26. The Morgan fingerprint density at radius 2 is 1.90 bits per heavy atom. The third kappa shape index (κ3) is 4.83. The fourth-order valence-electron chi connectivity index (χ4n) is 2.99. The van der Waals surface area contributed by atoms with E-state index in [1.54, 1.807) is 30.1 Å². The van der Waals surface area contributed by atoms with Crippen molar-refractivity contribution in [3.63, 3.8) is 0 Å². The van der Waals surface area contributed by atoms with Crippen LogP contribution in [0.25, 0.3) is 16.9 Å². The number of ketones is 1. The van der Waals surface area contributed by atoms with Gasteiger partial charge in [0.1, 0.15) is 5.69 Å². The second-order valence-electron chi connectivity index (χ2n) is 7.14. The number of rotatable bonds is 8. The Kier molecular flexibility index (Phi) is 6.46. The van der Waals surface area contributed by atoms with E-state index in [9.17, 15) is 9.59 Å². The highest BCUT2D eigenvalue weighted by atomic mass is 16.5. The molecule has 0 aliphatic heterocycles. The lowest BCUT2D eigenvalue weighted by Gasteiger charge is -2.09. The molecule has 3 rings (SSSR count). The Morgan fingerprint density at radius 1 is 1.17 bits per heavy atom. The molecular weight excluding hydrogens is 382 g/mol. The molecule has 2 amide bonds. The third-order valence-corrected chi connectivity index (χ3v) is 4.62. The molecular formula is C22H25N5O3. The van der Waals surface area contributed by atoms with Crippen LogP contribution in [0.2, 0.25) is 0 Å². The molecule has 8 nitrogen and oxygen atoms in total. The minimum Gasteiger partial charge on any atom is -0.481 e. The van der Waals surface area contributed by atoms with E-state index in [0.29, 0.717) is 24.5 Å². The number of carbonyl (C=O) groups excluding carboxylic acids is 2. The van der Waals surface area contributed by atoms with Gasteiger partial charge in [-0.25, -0.2) is 14.5 Å². The molecule has 0 unspecified atom stereocenters. The lowest BCUT2D eigenvalue weighted by atomic mass is 10.0. The number of hydrogen-bond donors (Lipinski definition) is 2. The molecule has 30 heavy (non-hydrogen) atoms. The van der Waals surface area contributed by atoms with Crippen molar-refractivity contribution in [3.05, 3.63) is 59.9 Å². The van der Waals surface area contributed by atoms with Crippen LogP contribution in [0.3, 0.4) is 0 Å². The van der Waals surface area contributed by atoms with E-state index in [0.717, 1.165) is 22.5 Å². The highest BCUT2D eigenvalue weighted by Gasteiger charge is 2.19. The first-order valence-electron chi connectivity index (χ1n) is 9.66. The summed E-state index contributed by atoms with van der Waals surface area (Å²) in [6.07, 6.45) is 2.32. The minimum atomic E-state index is -0.536. The number of nitrogens with two attached hydrogens (primary N) is 1. The number of benzene rings is 1. The molecule has 0 spiro atoms. The summed E-state index contributed by atoms with van der Waals surface area (Å²) in [7, 11) is 1.56. The summed E-state index contributed by atoms with van der Waals surface area (Å²) in [6, 6.07) is 12.7. The standard InChI is InChI=1S/C22H25N5O3/c1-14(2)21(28)18-12-19(27(26-18)17-8-9-20(30-3)25-13-17)16-6-4-15(5-7-16)10-11-24-22(23)29/h4-9,12-14H,10-11H2,1-3H3,(H3,23,24,29). The molecule has 1 aromatic carbocycles. The van der Waals surface area contributed by atoms with Crippen LogP contribution in [-0.2, 0) is 6.42 Å². The zero-order valence-corrected chi connectivity index (χ0v) is 17.3. The molecule has 2 heterocycles. The number of pyridine rings is 1. The molecule has 0 atom stereocenters. The Morgan fingerprint density at radius 3 is 2.47 bits per heavy atom. The van der Waals surface area contributed by atoms with Crippen LogP contribution < -0.4 is 15.8 Å². The third-order valence-electron chi connectivity index (χ3n) is 4.62. The van der Waals surface area contributed by atoms with Gasteiger partial charge >= 0.3 is 6.03 Å². The second-order valence-corrected chi connectivity index (χ2v) is 7.14. The molecule has 0 bridgehead atoms. The molecule has 0 radical (unpaired) electrons. The molecule has 156 valence electrons. The predicted octanol–water partition coefficient (Wildman–Crippen LogP) is 2.99. The number of amides is 2. The summed E-state index contributed by atoms with van der Waals surface area (Å²) in [6.45, 7) is 4.17. The van der Waals surface area contributed by atoms with Crippen molar-refractivity contribution >= 4 is 11.8 Å². The van der Waals surface area contributed by atoms with Gasteiger partial charge in [-0.3, -0.25) is 4.79 Å². The van der Waals surface area contributed by atoms with Crippen molar-refractivity contribution in [1.29, 1.82) is 0 Å². The normalized spacial score (nSPS) is 10.8. The molecule has 0 aliphatic carbocycles. The van der Waals surface area contributed by atoms with Crippen LogP contribution in [0.4, 0.5) is 4.79 Å². The van der Waals surface area contributed by atoms with Gasteiger partial charge in [-0.1, -0.05) is 38.1 Å². The van der Waals surface area contributed by atoms with Gasteiger partial charge in [0.2, 0.25) is 5.88 Å². The van der Waals surface area contributed by atoms with Crippen LogP contribution in [-0.4, -0.2) is 40.2 Å². The highest BCUT2D eigenvalue weighted by molar-refractivity contribution is 5.96. The molecule has 8 heteroatoms. The van der Waals surface area contributed by atoms with Gasteiger partial charge in [0.15, 0.2) is 5.78 Å². The lowest BCUT2D eigenvalue weighted by Crippen LogP contribution is -2.30. The number of primary amides is 1. The number of methoxy groups -OCH3 is 1. The summed E-state index contributed by atoms with van der Waals surface area (Å²) < 4.78 is 6.84. The van der Waals surface area contributed by atoms with E-state index in [-0.39, 0.29) is 11.7 Å². The Balaban J connectivity index is 1.95. The number of Topliss-reactive ketones (excluding diaryl/α,β-unsaturated/α-hetero) is 1. The van der Waals surface area contributed by atoms with E-state index in [1.165, 1.54) is 0 Å². The van der Waals surface area contributed by atoms with Gasteiger partial charge in [0, 0.05) is 24.1 Å². The minimum absolute atomic E-state index is 0.0226. The number of nitrogens with one attached hydrogen (secondary N) is 1. The molecule has 0 fully saturated rings. The van der Waals surface area contributed by atoms with E-state index in [2.05, 4.69) is 15.4 Å².